The SMILES string of the molecule is CCCC(OCC)C(O)CCCS(=O)(=O)CC. The van der Waals surface area contributed by atoms with Crippen molar-refractivity contribution in [3.05, 3.63) is 0 Å². The van der Waals surface area contributed by atoms with Crippen molar-refractivity contribution in [1.82, 2.24) is 0 Å². The van der Waals surface area contributed by atoms with E-state index < -0.39 is 15.9 Å². The molecule has 0 spiro atoms. The summed E-state index contributed by atoms with van der Waals surface area (Å²) in [7, 11) is -2.92. The molecule has 0 saturated carbocycles. The molecule has 0 aliphatic carbocycles. The van der Waals surface area contributed by atoms with Crippen LogP contribution in [-0.4, -0.2) is 43.8 Å². The van der Waals surface area contributed by atoms with Gasteiger partial charge in [-0.15, -0.1) is 0 Å². The Balaban J connectivity index is 4.01. The molecule has 0 saturated heterocycles. The van der Waals surface area contributed by atoms with Gasteiger partial charge in [0.1, 0.15) is 9.84 Å². The molecule has 0 fully saturated rings. The van der Waals surface area contributed by atoms with Gasteiger partial charge < -0.3 is 9.84 Å². The quantitative estimate of drug-likeness (QED) is 0.654. The van der Waals surface area contributed by atoms with Crippen LogP contribution in [0.15, 0.2) is 0 Å². The number of aliphatic hydroxyl groups excluding tert-OH is 1. The summed E-state index contributed by atoms with van der Waals surface area (Å²) in [5, 5.41) is 9.92. The molecule has 0 radical (unpaired) electrons. The standard InChI is InChI=1S/C12H26O4S/c1-4-8-12(16-5-2)11(13)9-7-10-17(14,15)6-3/h11-13H,4-10H2,1-3H3. The van der Waals surface area contributed by atoms with Crippen LogP contribution < -0.4 is 0 Å². The Labute approximate surface area is 105 Å². The maximum absolute atomic E-state index is 11.3. The fourth-order valence-corrected chi connectivity index (χ4v) is 2.62. The van der Waals surface area contributed by atoms with E-state index in [0.29, 0.717) is 19.4 Å². The van der Waals surface area contributed by atoms with Crippen LogP contribution in [0.4, 0.5) is 0 Å². The van der Waals surface area contributed by atoms with Gasteiger partial charge in [-0.1, -0.05) is 20.3 Å². The highest BCUT2D eigenvalue weighted by atomic mass is 32.2. The third-order valence-corrected chi connectivity index (χ3v) is 4.57. The molecule has 0 rings (SSSR count). The van der Waals surface area contributed by atoms with E-state index in [2.05, 4.69) is 0 Å². The van der Waals surface area contributed by atoms with Crippen LogP contribution >= 0.6 is 0 Å². The smallest absolute Gasteiger partial charge is 0.150 e. The van der Waals surface area contributed by atoms with Gasteiger partial charge in [-0.2, -0.15) is 0 Å². The van der Waals surface area contributed by atoms with Crippen molar-refractivity contribution in [1.29, 1.82) is 0 Å². The summed E-state index contributed by atoms with van der Waals surface area (Å²) in [5.41, 5.74) is 0. The van der Waals surface area contributed by atoms with Gasteiger partial charge in [0.15, 0.2) is 0 Å². The highest BCUT2D eigenvalue weighted by molar-refractivity contribution is 7.91. The number of hydrogen-bond donors (Lipinski definition) is 1. The van der Waals surface area contributed by atoms with Crippen molar-refractivity contribution >= 4 is 9.84 Å². The van der Waals surface area contributed by atoms with Crippen LogP contribution in [0.3, 0.4) is 0 Å². The minimum Gasteiger partial charge on any atom is -0.390 e. The summed E-state index contributed by atoms with van der Waals surface area (Å²) in [6.45, 7) is 6.16. The van der Waals surface area contributed by atoms with E-state index in [1.54, 1.807) is 6.92 Å². The molecule has 0 aromatic rings. The predicted molar refractivity (Wildman–Crippen MR) is 69.9 cm³/mol. The first-order valence-electron chi connectivity index (χ1n) is 6.46. The van der Waals surface area contributed by atoms with Crippen LogP contribution in [0.5, 0.6) is 0 Å². The molecule has 2 atom stereocenters. The molecule has 4 nitrogen and oxygen atoms in total. The Bertz CT molecular complexity index is 268. The van der Waals surface area contributed by atoms with Crippen molar-refractivity contribution in [2.75, 3.05) is 18.1 Å². The topological polar surface area (TPSA) is 63.6 Å². The normalized spacial score (nSPS) is 15.8. The predicted octanol–water partition coefficient (Wildman–Crippen LogP) is 1.77. The maximum Gasteiger partial charge on any atom is 0.150 e. The lowest BCUT2D eigenvalue weighted by atomic mass is 10.0. The van der Waals surface area contributed by atoms with Gasteiger partial charge in [0, 0.05) is 12.4 Å². The molecule has 0 heterocycles. The summed E-state index contributed by atoms with van der Waals surface area (Å²) in [6.07, 6.45) is 2.05. The van der Waals surface area contributed by atoms with E-state index in [-0.39, 0.29) is 17.6 Å². The number of hydrogen-bond acceptors (Lipinski definition) is 4. The molecule has 0 aliphatic heterocycles. The number of ether oxygens (including phenoxy) is 1. The van der Waals surface area contributed by atoms with Gasteiger partial charge in [0.05, 0.1) is 18.0 Å². The minimum atomic E-state index is -2.92. The first-order chi connectivity index (χ1) is 7.96. The van der Waals surface area contributed by atoms with Gasteiger partial charge >= 0.3 is 0 Å². The van der Waals surface area contributed by atoms with Gasteiger partial charge in [0.2, 0.25) is 0 Å². The number of aliphatic hydroxyl groups is 1. The number of rotatable bonds is 10. The molecule has 0 bridgehead atoms. The zero-order valence-corrected chi connectivity index (χ0v) is 12.0. The van der Waals surface area contributed by atoms with Crippen LogP contribution in [0.25, 0.3) is 0 Å². The molecule has 104 valence electrons. The molecular weight excluding hydrogens is 240 g/mol. The highest BCUT2D eigenvalue weighted by Crippen LogP contribution is 2.13. The molecule has 0 aromatic heterocycles. The second kappa shape index (κ2) is 8.89. The Hall–Kier alpha value is -0.130. The number of sulfone groups is 1. The molecule has 0 aromatic carbocycles. The van der Waals surface area contributed by atoms with E-state index in [1.807, 2.05) is 13.8 Å². The average molecular weight is 266 g/mol. The van der Waals surface area contributed by atoms with E-state index >= 15 is 0 Å². The summed E-state index contributed by atoms with van der Waals surface area (Å²) < 4.78 is 28.0. The van der Waals surface area contributed by atoms with Gasteiger partial charge in [-0.25, -0.2) is 8.42 Å². The Morgan fingerprint density at radius 2 is 1.82 bits per heavy atom. The molecule has 0 amide bonds. The monoisotopic (exact) mass is 266 g/mol. The fraction of sp³-hybridized carbons (Fsp3) is 1.00. The van der Waals surface area contributed by atoms with E-state index in [0.717, 1.165) is 12.8 Å². The summed E-state index contributed by atoms with van der Waals surface area (Å²) in [5.74, 6) is 0.332. The van der Waals surface area contributed by atoms with Crippen molar-refractivity contribution in [3.63, 3.8) is 0 Å². The molecule has 2 unspecified atom stereocenters. The van der Waals surface area contributed by atoms with E-state index in [1.165, 1.54) is 0 Å². The molecule has 17 heavy (non-hydrogen) atoms. The minimum absolute atomic E-state index is 0.158. The van der Waals surface area contributed by atoms with Crippen LogP contribution in [0.1, 0.15) is 46.5 Å². The Kier molecular flexibility index (Phi) is 8.82. The van der Waals surface area contributed by atoms with Crippen LogP contribution in [-0.2, 0) is 14.6 Å². The van der Waals surface area contributed by atoms with Crippen molar-refractivity contribution in [2.24, 2.45) is 0 Å². The largest absolute Gasteiger partial charge is 0.390 e. The summed E-state index contributed by atoms with van der Waals surface area (Å²) in [4.78, 5) is 0. The van der Waals surface area contributed by atoms with Crippen molar-refractivity contribution in [3.8, 4) is 0 Å². The fourth-order valence-electron chi connectivity index (χ4n) is 1.73. The Morgan fingerprint density at radius 3 is 2.29 bits per heavy atom. The average Bonchev–Trinajstić information content (AvgIpc) is 2.28. The van der Waals surface area contributed by atoms with Gasteiger partial charge in [-0.3, -0.25) is 0 Å². The van der Waals surface area contributed by atoms with Crippen molar-refractivity contribution < 1.29 is 18.3 Å². The lowest BCUT2D eigenvalue weighted by molar-refractivity contribution is -0.0400. The first-order valence-corrected chi connectivity index (χ1v) is 8.29. The Morgan fingerprint density at radius 1 is 1.18 bits per heavy atom. The van der Waals surface area contributed by atoms with Gasteiger partial charge in [0.25, 0.3) is 0 Å². The lowest BCUT2D eigenvalue weighted by Gasteiger charge is -2.22. The van der Waals surface area contributed by atoms with E-state index in [4.69, 9.17) is 4.74 Å². The van der Waals surface area contributed by atoms with Gasteiger partial charge in [-0.05, 0) is 26.2 Å². The lowest BCUT2D eigenvalue weighted by Crippen LogP contribution is -2.29. The van der Waals surface area contributed by atoms with Crippen molar-refractivity contribution in [2.45, 2.75) is 58.7 Å². The molecule has 5 heteroatoms. The van der Waals surface area contributed by atoms with Crippen LogP contribution in [0, 0.1) is 0 Å². The second-order valence-electron chi connectivity index (χ2n) is 4.23. The third kappa shape index (κ3) is 7.73. The third-order valence-electron chi connectivity index (χ3n) is 2.78. The maximum atomic E-state index is 11.3. The first kappa shape index (κ1) is 16.9. The van der Waals surface area contributed by atoms with Crippen LogP contribution in [0.2, 0.25) is 0 Å². The molecule has 1 N–H and O–H groups in total. The highest BCUT2D eigenvalue weighted by Gasteiger charge is 2.19. The summed E-state index contributed by atoms with van der Waals surface area (Å²) >= 11 is 0. The zero-order chi connectivity index (χ0) is 13.3. The zero-order valence-electron chi connectivity index (χ0n) is 11.2. The van der Waals surface area contributed by atoms with E-state index in [9.17, 15) is 13.5 Å². The second-order valence-corrected chi connectivity index (χ2v) is 6.70. The summed E-state index contributed by atoms with van der Waals surface area (Å²) in [6, 6.07) is 0. The molecular formula is C12H26O4S. The molecule has 0 aliphatic rings.